The van der Waals surface area contributed by atoms with Gasteiger partial charge in [0.2, 0.25) is 5.91 Å². The number of nitrogens with zero attached hydrogens (tertiary/aromatic N) is 1. The fourth-order valence-electron chi connectivity index (χ4n) is 2.59. The smallest absolute Gasteiger partial charge is 0.236 e. The molecular weight excluding hydrogens is 280 g/mol. The molecule has 1 aliphatic heterocycles. The van der Waals surface area contributed by atoms with Gasteiger partial charge in [-0.2, -0.15) is 0 Å². The predicted molar refractivity (Wildman–Crippen MR) is 86.3 cm³/mol. The summed E-state index contributed by atoms with van der Waals surface area (Å²) < 4.78 is 0. The van der Waals surface area contributed by atoms with Gasteiger partial charge in [-0.3, -0.25) is 4.79 Å². The number of carbonyl (C=O) groups excluding carboxylic acids is 1. The van der Waals surface area contributed by atoms with Crippen LogP contribution >= 0.6 is 11.3 Å². The van der Waals surface area contributed by atoms with Crippen LogP contribution in [-0.2, 0) is 24.3 Å². The van der Waals surface area contributed by atoms with Crippen LogP contribution in [0, 0.1) is 6.92 Å². The van der Waals surface area contributed by atoms with Crippen molar-refractivity contribution < 1.29 is 4.79 Å². The molecule has 0 atom stereocenters. The second-order valence-electron chi connectivity index (χ2n) is 5.52. The van der Waals surface area contributed by atoms with Gasteiger partial charge in [0.1, 0.15) is 0 Å². The summed E-state index contributed by atoms with van der Waals surface area (Å²) in [4.78, 5) is 15.6. The monoisotopic (exact) mass is 300 g/mol. The van der Waals surface area contributed by atoms with Gasteiger partial charge < -0.3 is 10.2 Å². The molecule has 110 valence electrons. The van der Waals surface area contributed by atoms with Crippen molar-refractivity contribution in [2.75, 3.05) is 13.1 Å². The largest absolute Gasteiger partial charge is 0.337 e. The molecule has 2 heterocycles. The van der Waals surface area contributed by atoms with Gasteiger partial charge in [0.05, 0.1) is 6.54 Å². The van der Waals surface area contributed by atoms with Crippen molar-refractivity contribution in [3.63, 3.8) is 0 Å². The molecule has 0 unspecified atom stereocenters. The molecule has 1 aromatic heterocycles. The van der Waals surface area contributed by atoms with Crippen molar-refractivity contribution >= 4 is 17.2 Å². The summed E-state index contributed by atoms with van der Waals surface area (Å²) >= 11 is 1.80. The van der Waals surface area contributed by atoms with E-state index in [2.05, 4.69) is 48.0 Å². The van der Waals surface area contributed by atoms with Crippen LogP contribution in [0.5, 0.6) is 0 Å². The molecule has 0 bridgehead atoms. The van der Waals surface area contributed by atoms with E-state index >= 15 is 0 Å². The van der Waals surface area contributed by atoms with E-state index < -0.39 is 0 Å². The van der Waals surface area contributed by atoms with Crippen LogP contribution in [0.15, 0.2) is 35.7 Å². The first-order valence-electron chi connectivity index (χ1n) is 7.31. The molecular formula is C17H20N2OS. The van der Waals surface area contributed by atoms with Gasteiger partial charge in [0.15, 0.2) is 0 Å². The van der Waals surface area contributed by atoms with Gasteiger partial charge in [0.25, 0.3) is 0 Å². The molecule has 2 aromatic rings. The highest BCUT2D eigenvalue weighted by Crippen LogP contribution is 2.23. The first-order chi connectivity index (χ1) is 10.2. The highest BCUT2D eigenvalue weighted by atomic mass is 32.1. The lowest BCUT2D eigenvalue weighted by molar-refractivity contribution is -0.131. The number of hydrogen-bond acceptors (Lipinski definition) is 3. The topological polar surface area (TPSA) is 32.3 Å². The van der Waals surface area contributed by atoms with Crippen LogP contribution in [0.3, 0.4) is 0 Å². The summed E-state index contributed by atoms with van der Waals surface area (Å²) in [5.74, 6) is 0.193. The summed E-state index contributed by atoms with van der Waals surface area (Å²) in [6, 6.07) is 10.5. The van der Waals surface area contributed by atoms with Gasteiger partial charge >= 0.3 is 0 Å². The Morgan fingerprint density at radius 3 is 2.90 bits per heavy atom. The van der Waals surface area contributed by atoms with E-state index in [0.717, 1.165) is 26.1 Å². The van der Waals surface area contributed by atoms with Crippen LogP contribution in [0.25, 0.3) is 0 Å². The van der Waals surface area contributed by atoms with Gasteiger partial charge in [-0.1, -0.05) is 29.8 Å². The number of benzene rings is 1. The standard InChI is InChI=1S/C17H20N2OS/c1-13-2-4-14(5-3-13)10-18-11-17(20)19-8-6-16-15(12-19)7-9-21-16/h2-5,7,9,18H,6,8,10-12H2,1H3. The molecule has 0 saturated carbocycles. The summed E-state index contributed by atoms with van der Waals surface area (Å²) in [5, 5.41) is 5.37. The maximum absolute atomic E-state index is 12.2. The Bertz CT molecular complexity index is 618. The van der Waals surface area contributed by atoms with E-state index in [0.29, 0.717) is 6.54 Å². The number of amides is 1. The third-order valence-electron chi connectivity index (χ3n) is 3.89. The number of fused-ring (bicyclic) bond motifs is 1. The Morgan fingerprint density at radius 2 is 2.10 bits per heavy atom. The molecule has 0 aliphatic carbocycles. The summed E-state index contributed by atoms with van der Waals surface area (Å²) in [5.41, 5.74) is 3.79. The van der Waals surface area contributed by atoms with E-state index in [1.54, 1.807) is 11.3 Å². The quantitative estimate of drug-likeness (QED) is 0.941. The molecule has 1 aromatic carbocycles. The zero-order chi connectivity index (χ0) is 14.7. The van der Waals surface area contributed by atoms with Crippen molar-refractivity contribution in [2.24, 2.45) is 0 Å². The third-order valence-corrected chi connectivity index (χ3v) is 4.91. The van der Waals surface area contributed by atoms with Gasteiger partial charge in [-0.15, -0.1) is 11.3 Å². The first kappa shape index (κ1) is 14.3. The Kier molecular flexibility index (Phi) is 4.36. The fourth-order valence-corrected chi connectivity index (χ4v) is 3.48. The van der Waals surface area contributed by atoms with E-state index in [9.17, 15) is 4.79 Å². The van der Waals surface area contributed by atoms with Crippen molar-refractivity contribution in [1.29, 1.82) is 0 Å². The lowest BCUT2D eigenvalue weighted by atomic mass is 10.1. The molecule has 1 amide bonds. The molecule has 0 radical (unpaired) electrons. The first-order valence-corrected chi connectivity index (χ1v) is 8.19. The molecule has 1 N–H and O–H groups in total. The maximum Gasteiger partial charge on any atom is 0.236 e. The second-order valence-corrected chi connectivity index (χ2v) is 6.52. The van der Waals surface area contributed by atoms with Gasteiger partial charge in [-0.05, 0) is 35.9 Å². The molecule has 1 aliphatic rings. The number of aryl methyl sites for hydroxylation is 1. The highest BCUT2D eigenvalue weighted by Gasteiger charge is 2.20. The molecule has 3 rings (SSSR count). The maximum atomic E-state index is 12.2. The minimum atomic E-state index is 0.193. The predicted octanol–water partition coefficient (Wildman–Crippen LogP) is 2.73. The number of hydrogen-bond donors (Lipinski definition) is 1. The lowest BCUT2D eigenvalue weighted by Crippen LogP contribution is -2.40. The van der Waals surface area contributed by atoms with Gasteiger partial charge in [0, 0.05) is 24.5 Å². The van der Waals surface area contributed by atoms with Crippen molar-refractivity contribution in [1.82, 2.24) is 10.2 Å². The minimum Gasteiger partial charge on any atom is -0.337 e. The van der Waals surface area contributed by atoms with E-state index in [4.69, 9.17) is 0 Å². The molecule has 3 nitrogen and oxygen atoms in total. The van der Waals surface area contributed by atoms with E-state index in [1.165, 1.54) is 21.6 Å². The summed E-state index contributed by atoms with van der Waals surface area (Å²) in [6.07, 6.45) is 0.997. The van der Waals surface area contributed by atoms with Crippen molar-refractivity contribution in [3.05, 3.63) is 57.3 Å². The number of thiophene rings is 1. The second kappa shape index (κ2) is 6.41. The van der Waals surface area contributed by atoms with Crippen molar-refractivity contribution in [3.8, 4) is 0 Å². The van der Waals surface area contributed by atoms with E-state index in [1.807, 2.05) is 4.90 Å². The lowest BCUT2D eigenvalue weighted by Gasteiger charge is -2.27. The van der Waals surface area contributed by atoms with Crippen LogP contribution in [0.4, 0.5) is 0 Å². The Labute approximate surface area is 129 Å². The normalized spacial score (nSPS) is 14.0. The molecule has 0 spiro atoms. The average Bonchev–Trinajstić information content (AvgIpc) is 2.96. The van der Waals surface area contributed by atoms with Crippen LogP contribution in [0.2, 0.25) is 0 Å². The summed E-state index contributed by atoms with van der Waals surface area (Å²) in [7, 11) is 0. The SMILES string of the molecule is Cc1ccc(CNCC(=O)N2CCc3sccc3C2)cc1. The highest BCUT2D eigenvalue weighted by molar-refractivity contribution is 7.10. The molecule has 0 saturated heterocycles. The zero-order valence-corrected chi connectivity index (χ0v) is 13.1. The number of rotatable bonds is 4. The van der Waals surface area contributed by atoms with Crippen molar-refractivity contribution in [2.45, 2.75) is 26.4 Å². The van der Waals surface area contributed by atoms with E-state index in [-0.39, 0.29) is 5.91 Å². The molecule has 21 heavy (non-hydrogen) atoms. The Balaban J connectivity index is 1.48. The third kappa shape index (κ3) is 3.52. The fraction of sp³-hybridized carbons (Fsp3) is 0.353. The number of carbonyl (C=O) groups is 1. The minimum absolute atomic E-state index is 0.193. The van der Waals surface area contributed by atoms with Crippen LogP contribution < -0.4 is 5.32 Å². The van der Waals surface area contributed by atoms with Crippen LogP contribution in [-0.4, -0.2) is 23.9 Å². The van der Waals surface area contributed by atoms with Crippen LogP contribution in [0.1, 0.15) is 21.6 Å². The van der Waals surface area contributed by atoms with Gasteiger partial charge in [-0.25, -0.2) is 0 Å². The zero-order valence-electron chi connectivity index (χ0n) is 12.3. The Hall–Kier alpha value is -1.65. The Morgan fingerprint density at radius 1 is 1.29 bits per heavy atom. The average molecular weight is 300 g/mol. The summed E-state index contributed by atoms with van der Waals surface area (Å²) in [6.45, 7) is 4.84. The molecule has 4 heteroatoms. The number of nitrogens with one attached hydrogen (secondary N) is 1. The molecule has 0 fully saturated rings.